The zero-order chi connectivity index (χ0) is 18.6. The van der Waals surface area contributed by atoms with Gasteiger partial charge in [-0.15, -0.1) is 11.8 Å². The van der Waals surface area contributed by atoms with Crippen LogP contribution in [0.3, 0.4) is 0 Å². The fourth-order valence-electron chi connectivity index (χ4n) is 2.56. The van der Waals surface area contributed by atoms with Gasteiger partial charge in [0, 0.05) is 11.1 Å². The average Bonchev–Trinajstić information content (AvgIpc) is 2.64. The molecule has 1 atom stereocenters. The number of rotatable bonds is 6. The second-order valence-corrected chi connectivity index (χ2v) is 8.25. The van der Waals surface area contributed by atoms with Crippen molar-refractivity contribution in [2.75, 3.05) is 12.4 Å². The van der Waals surface area contributed by atoms with Crippen LogP contribution in [0.15, 0.2) is 59.9 Å². The molecule has 0 aliphatic rings. The molecule has 26 heavy (non-hydrogen) atoms. The maximum Gasteiger partial charge on any atom is 0.119 e. The highest BCUT2D eigenvalue weighted by Crippen LogP contribution is 2.26. The lowest BCUT2D eigenvalue weighted by molar-refractivity contribution is 0.126. The second kappa shape index (κ2) is 8.06. The van der Waals surface area contributed by atoms with Gasteiger partial charge in [0.1, 0.15) is 23.7 Å². The zero-order valence-corrected chi connectivity index (χ0v) is 16.2. The van der Waals surface area contributed by atoms with Crippen molar-refractivity contribution in [3.05, 3.63) is 60.4 Å². The predicted molar refractivity (Wildman–Crippen MR) is 107 cm³/mol. The summed E-state index contributed by atoms with van der Waals surface area (Å²) < 4.78 is 5.72. The zero-order valence-electron chi connectivity index (χ0n) is 15.3. The summed E-state index contributed by atoms with van der Waals surface area (Å²) in [5, 5.41) is 12.1. The minimum Gasteiger partial charge on any atom is -0.491 e. The lowest BCUT2D eigenvalue weighted by Crippen LogP contribution is -2.20. The highest BCUT2D eigenvalue weighted by atomic mass is 32.2. The van der Waals surface area contributed by atoms with Gasteiger partial charge in [0.15, 0.2) is 0 Å². The first-order chi connectivity index (χ1) is 12.4. The monoisotopic (exact) mass is 368 g/mol. The molecule has 4 nitrogen and oxygen atoms in total. The van der Waals surface area contributed by atoms with Gasteiger partial charge >= 0.3 is 0 Å². The Labute approximate surface area is 158 Å². The number of ether oxygens (including phenoxy) is 1. The van der Waals surface area contributed by atoms with E-state index in [-0.39, 0.29) is 12.0 Å². The first kappa shape index (κ1) is 18.7. The van der Waals surface area contributed by atoms with E-state index in [2.05, 4.69) is 42.9 Å². The van der Waals surface area contributed by atoms with E-state index in [1.165, 1.54) is 17.3 Å². The molecular weight excluding hydrogens is 344 g/mol. The third-order valence-corrected chi connectivity index (χ3v) is 5.23. The molecule has 1 heterocycles. The van der Waals surface area contributed by atoms with Crippen molar-refractivity contribution in [1.29, 1.82) is 0 Å². The van der Waals surface area contributed by atoms with Crippen LogP contribution >= 0.6 is 11.8 Å². The van der Waals surface area contributed by atoms with Gasteiger partial charge in [0.05, 0.1) is 11.6 Å². The Hall–Kier alpha value is -2.11. The van der Waals surface area contributed by atoms with Gasteiger partial charge in [-0.1, -0.05) is 51.1 Å². The number of benzene rings is 2. The van der Waals surface area contributed by atoms with Crippen LogP contribution < -0.4 is 4.74 Å². The summed E-state index contributed by atoms with van der Waals surface area (Å²) in [6.07, 6.45) is 0.987. The predicted octanol–water partition coefficient (Wildman–Crippen LogP) is 4.46. The van der Waals surface area contributed by atoms with E-state index in [1.807, 2.05) is 36.4 Å². The second-order valence-electron chi connectivity index (χ2n) is 7.25. The Morgan fingerprint density at radius 2 is 1.77 bits per heavy atom. The molecule has 0 saturated carbocycles. The SMILES string of the molecule is CC(C)(C)c1ccc(OC[C@H](O)CSc2ncnc3ccccc23)cc1. The van der Waals surface area contributed by atoms with Crippen LogP contribution in [0.1, 0.15) is 26.3 Å². The molecule has 3 rings (SSSR count). The number of aliphatic hydroxyl groups is 1. The van der Waals surface area contributed by atoms with Gasteiger partial charge in [-0.2, -0.15) is 0 Å². The Morgan fingerprint density at radius 1 is 1.04 bits per heavy atom. The topological polar surface area (TPSA) is 55.2 Å². The van der Waals surface area contributed by atoms with Gasteiger partial charge in [0.2, 0.25) is 0 Å². The Balaban J connectivity index is 1.53. The molecule has 2 aromatic carbocycles. The fourth-order valence-corrected chi connectivity index (χ4v) is 3.46. The molecular formula is C21H24N2O2S. The van der Waals surface area contributed by atoms with Crippen molar-refractivity contribution in [2.24, 2.45) is 0 Å². The van der Waals surface area contributed by atoms with E-state index in [0.717, 1.165) is 21.7 Å². The normalized spacial score (nSPS) is 12.9. The number of thioether (sulfide) groups is 1. The van der Waals surface area contributed by atoms with E-state index in [1.54, 1.807) is 6.33 Å². The molecule has 0 saturated heterocycles. The van der Waals surface area contributed by atoms with E-state index >= 15 is 0 Å². The lowest BCUT2D eigenvalue weighted by atomic mass is 9.87. The number of aliphatic hydroxyl groups excluding tert-OH is 1. The van der Waals surface area contributed by atoms with Gasteiger partial charge in [-0.05, 0) is 29.2 Å². The third kappa shape index (κ3) is 4.74. The first-order valence-electron chi connectivity index (χ1n) is 8.67. The molecule has 1 N–H and O–H groups in total. The van der Waals surface area contributed by atoms with Crippen molar-refractivity contribution in [2.45, 2.75) is 37.3 Å². The molecule has 0 unspecified atom stereocenters. The van der Waals surface area contributed by atoms with E-state index in [0.29, 0.717) is 5.75 Å². The maximum atomic E-state index is 10.2. The van der Waals surface area contributed by atoms with Gasteiger partial charge in [0.25, 0.3) is 0 Å². The summed E-state index contributed by atoms with van der Waals surface area (Å²) in [5.74, 6) is 1.29. The van der Waals surface area contributed by atoms with E-state index in [9.17, 15) is 5.11 Å². The van der Waals surface area contributed by atoms with Crippen molar-refractivity contribution in [3.8, 4) is 5.75 Å². The smallest absolute Gasteiger partial charge is 0.119 e. The minimum absolute atomic E-state index is 0.120. The molecule has 0 fully saturated rings. The minimum atomic E-state index is -0.573. The van der Waals surface area contributed by atoms with Crippen molar-refractivity contribution in [1.82, 2.24) is 9.97 Å². The van der Waals surface area contributed by atoms with Gasteiger partial charge in [-0.3, -0.25) is 0 Å². The molecule has 136 valence electrons. The molecule has 5 heteroatoms. The highest BCUT2D eigenvalue weighted by Gasteiger charge is 2.14. The van der Waals surface area contributed by atoms with Crippen LogP contribution in [0.4, 0.5) is 0 Å². The van der Waals surface area contributed by atoms with Crippen LogP contribution in [0, 0.1) is 0 Å². The summed E-state index contributed by atoms with van der Waals surface area (Å²) in [7, 11) is 0. The van der Waals surface area contributed by atoms with Crippen LogP contribution in [-0.4, -0.2) is 33.5 Å². The molecule has 0 bridgehead atoms. The first-order valence-corrected chi connectivity index (χ1v) is 9.66. The van der Waals surface area contributed by atoms with Gasteiger partial charge in [-0.25, -0.2) is 9.97 Å². The van der Waals surface area contributed by atoms with Crippen LogP contribution in [-0.2, 0) is 5.41 Å². The molecule has 0 amide bonds. The maximum absolute atomic E-state index is 10.2. The Kier molecular flexibility index (Phi) is 5.79. The van der Waals surface area contributed by atoms with Crippen molar-refractivity contribution in [3.63, 3.8) is 0 Å². The largest absolute Gasteiger partial charge is 0.491 e. The summed E-state index contributed by atoms with van der Waals surface area (Å²) in [6, 6.07) is 15.9. The summed E-state index contributed by atoms with van der Waals surface area (Å²) >= 11 is 1.52. The quantitative estimate of drug-likeness (QED) is 0.514. The number of fused-ring (bicyclic) bond motifs is 1. The lowest BCUT2D eigenvalue weighted by Gasteiger charge is -2.19. The van der Waals surface area contributed by atoms with Crippen molar-refractivity contribution >= 4 is 22.7 Å². The Morgan fingerprint density at radius 3 is 2.50 bits per heavy atom. The van der Waals surface area contributed by atoms with Crippen LogP contribution in [0.2, 0.25) is 0 Å². The fraction of sp³-hybridized carbons (Fsp3) is 0.333. The summed E-state index contributed by atoms with van der Waals surface area (Å²) in [4.78, 5) is 8.59. The van der Waals surface area contributed by atoms with Crippen LogP contribution in [0.25, 0.3) is 10.9 Å². The summed E-state index contributed by atoms with van der Waals surface area (Å²) in [6.45, 7) is 6.80. The van der Waals surface area contributed by atoms with Crippen molar-refractivity contribution < 1.29 is 9.84 Å². The number of aromatic nitrogens is 2. The molecule has 1 aromatic heterocycles. The number of nitrogens with zero attached hydrogens (tertiary/aromatic N) is 2. The molecule has 3 aromatic rings. The number of hydrogen-bond donors (Lipinski definition) is 1. The summed E-state index contributed by atoms with van der Waals surface area (Å²) in [5.41, 5.74) is 2.29. The third-order valence-electron chi connectivity index (χ3n) is 4.08. The highest BCUT2D eigenvalue weighted by molar-refractivity contribution is 7.99. The van der Waals surface area contributed by atoms with Gasteiger partial charge < -0.3 is 9.84 Å². The number of hydrogen-bond acceptors (Lipinski definition) is 5. The molecule has 0 spiro atoms. The van der Waals surface area contributed by atoms with E-state index < -0.39 is 6.10 Å². The van der Waals surface area contributed by atoms with Crippen LogP contribution in [0.5, 0.6) is 5.75 Å². The standard InChI is InChI=1S/C21H24N2O2S/c1-21(2,3)15-8-10-17(11-9-15)25-12-16(24)13-26-20-18-6-4-5-7-19(18)22-14-23-20/h4-11,14,16,24H,12-13H2,1-3H3/t16-/m0/s1. The molecule has 0 radical (unpaired) electrons. The van der Waals surface area contributed by atoms with E-state index in [4.69, 9.17) is 4.74 Å². The average molecular weight is 369 g/mol. The number of para-hydroxylation sites is 1. The Bertz CT molecular complexity index is 855. The molecule has 0 aliphatic carbocycles. The molecule has 0 aliphatic heterocycles.